The number of ether oxygens (including phenoxy) is 3. The Morgan fingerprint density at radius 3 is 2.65 bits per heavy atom. The number of alkyl halides is 3. The van der Waals surface area contributed by atoms with Crippen LogP contribution >= 0.6 is 11.3 Å². The molecule has 4 aromatic rings. The summed E-state index contributed by atoms with van der Waals surface area (Å²) in [5.74, 6) is -3.12. The summed E-state index contributed by atoms with van der Waals surface area (Å²) in [6.07, 6.45) is -2.45. The van der Waals surface area contributed by atoms with Gasteiger partial charge in [0.2, 0.25) is 11.2 Å². The molecule has 0 aliphatic heterocycles. The summed E-state index contributed by atoms with van der Waals surface area (Å²) in [7, 11) is 0. The van der Waals surface area contributed by atoms with Crippen LogP contribution in [0.15, 0.2) is 51.7 Å². The lowest BCUT2D eigenvalue weighted by atomic mass is 10.1. The van der Waals surface area contributed by atoms with Crippen molar-refractivity contribution in [3.8, 4) is 29.1 Å². The third-order valence-corrected chi connectivity index (χ3v) is 7.30. The fourth-order valence-electron chi connectivity index (χ4n) is 4.37. The number of aryl methyl sites for hydroxylation is 1. The molecule has 0 radical (unpaired) electrons. The minimum Gasteiger partial charge on any atom is -0.490 e. The van der Waals surface area contributed by atoms with Gasteiger partial charge in [-0.15, -0.1) is 11.3 Å². The first-order valence-electron chi connectivity index (χ1n) is 12.2. The number of para-hydroxylation sites is 2. The maximum atomic E-state index is 13.9. The van der Waals surface area contributed by atoms with E-state index in [-0.39, 0.29) is 29.2 Å². The molecule has 0 spiro atoms. The van der Waals surface area contributed by atoms with E-state index in [1.165, 1.54) is 41.7 Å². The number of nitrogens with zero attached hydrogens (tertiary/aromatic N) is 1. The summed E-state index contributed by atoms with van der Waals surface area (Å²) >= 11 is 1.35. The molecule has 1 amide bonds. The molecule has 2 aromatic heterocycles. The molecule has 0 fully saturated rings. The molecule has 40 heavy (non-hydrogen) atoms. The van der Waals surface area contributed by atoms with Gasteiger partial charge in [-0.05, 0) is 56.0 Å². The lowest BCUT2D eigenvalue weighted by Gasteiger charge is -2.15. The molecule has 8 nitrogen and oxygen atoms in total. The van der Waals surface area contributed by atoms with Crippen molar-refractivity contribution in [2.75, 3.05) is 18.5 Å². The monoisotopic (exact) mass is 570 g/mol. The SMILES string of the molecule is CCOc1ccccc1Oc1c(C(F)(F)F)oc2cc(OCC(=O)Nc3sc4c(c3C#N)CCC4)ccc2c1=O. The molecule has 1 aliphatic rings. The number of carbonyl (C=O) groups excluding carboxylic acids is 1. The van der Waals surface area contributed by atoms with Crippen LogP contribution in [0.4, 0.5) is 18.2 Å². The van der Waals surface area contributed by atoms with Crippen LogP contribution in [0, 0.1) is 11.3 Å². The van der Waals surface area contributed by atoms with Crippen LogP contribution in [0.5, 0.6) is 23.0 Å². The molecule has 0 saturated carbocycles. The Hall–Kier alpha value is -4.50. The van der Waals surface area contributed by atoms with E-state index < -0.39 is 41.2 Å². The number of carbonyl (C=O) groups is 1. The van der Waals surface area contributed by atoms with Gasteiger partial charge in [0.05, 0.1) is 17.6 Å². The van der Waals surface area contributed by atoms with Gasteiger partial charge >= 0.3 is 6.18 Å². The van der Waals surface area contributed by atoms with Crippen molar-refractivity contribution < 1.29 is 36.6 Å². The van der Waals surface area contributed by atoms with Gasteiger partial charge in [0.1, 0.15) is 22.4 Å². The largest absolute Gasteiger partial charge is 0.490 e. The van der Waals surface area contributed by atoms with E-state index in [4.69, 9.17) is 18.6 Å². The standard InChI is InChI=1S/C28H21F3N2O6S/c1-2-36-19-7-3-4-8-20(19)38-25-24(35)17-11-10-15(12-21(17)39-26(25)28(29,30)31)37-14-23(34)33-27-18(13-32)16-6-5-9-22(16)40-27/h3-4,7-8,10-12H,2,5-6,9,14H2,1H3,(H,33,34). The molecular weight excluding hydrogens is 549 g/mol. The van der Waals surface area contributed by atoms with E-state index in [2.05, 4.69) is 11.4 Å². The third kappa shape index (κ3) is 5.33. The maximum Gasteiger partial charge on any atom is 0.453 e. The number of benzene rings is 2. The van der Waals surface area contributed by atoms with E-state index in [9.17, 15) is 28.0 Å². The second-order valence-corrected chi connectivity index (χ2v) is 9.84. The Labute approximate surface area is 229 Å². The van der Waals surface area contributed by atoms with E-state index in [1.807, 2.05) is 0 Å². The molecule has 0 unspecified atom stereocenters. The summed E-state index contributed by atoms with van der Waals surface area (Å²) in [6.45, 7) is 1.45. The number of anilines is 1. The van der Waals surface area contributed by atoms with Gasteiger partial charge in [-0.1, -0.05) is 12.1 Å². The second kappa shape index (κ2) is 10.9. The molecule has 206 valence electrons. The van der Waals surface area contributed by atoms with Crippen LogP contribution in [-0.2, 0) is 23.8 Å². The van der Waals surface area contributed by atoms with Gasteiger partial charge in [0.15, 0.2) is 18.1 Å². The van der Waals surface area contributed by atoms with Crippen molar-refractivity contribution in [1.82, 2.24) is 0 Å². The van der Waals surface area contributed by atoms with Crippen LogP contribution in [0.3, 0.4) is 0 Å². The van der Waals surface area contributed by atoms with E-state index in [1.54, 1.807) is 13.0 Å². The van der Waals surface area contributed by atoms with Crippen molar-refractivity contribution in [3.05, 3.63) is 74.5 Å². The Morgan fingerprint density at radius 2 is 1.93 bits per heavy atom. The van der Waals surface area contributed by atoms with Gasteiger partial charge in [-0.25, -0.2) is 0 Å². The number of nitrogens with one attached hydrogen (secondary N) is 1. The van der Waals surface area contributed by atoms with Crippen LogP contribution in [0.2, 0.25) is 0 Å². The lowest BCUT2D eigenvalue weighted by Crippen LogP contribution is -2.20. The molecule has 2 heterocycles. The topological polar surface area (TPSA) is 111 Å². The number of rotatable bonds is 8. The molecule has 2 aromatic carbocycles. The van der Waals surface area contributed by atoms with Crippen molar-refractivity contribution in [2.24, 2.45) is 0 Å². The van der Waals surface area contributed by atoms with Gasteiger partial charge in [-0.2, -0.15) is 18.4 Å². The normalized spacial score (nSPS) is 12.6. The van der Waals surface area contributed by atoms with E-state index in [0.717, 1.165) is 35.8 Å². The number of halogens is 3. The first-order valence-corrected chi connectivity index (χ1v) is 13.1. The van der Waals surface area contributed by atoms with Crippen molar-refractivity contribution >= 4 is 33.2 Å². The van der Waals surface area contributed by atoms with Gasteiger partial charge < -0.3 is 23.9 Å². The highest BCUT2D eigenvalue weighted by Gasteiger charge is 2.41. The third-order valence-electron chi connectivity index (χ3n) is 6.10. The number of amides is 1. The Balaban J connectivity index is 1.39. The summed E-state index contributed by atoms with van der Waals surface area (Å²) in [4.78, 5) is 26.7. The van der Waals surface area contributed by atoms with Crippen LogP contribution < -0.4 is 25.0 Å². The average molecular weight is 571 g/mol. The minimum absolute atomic E-state index is 0.00321. The summed E-state index contributed by atoms with van der Waals surface area (Å²) in [5, 5.41) is 12.4. The molecule has 5 rings (SSSR count). The number of hydrogen-bond acceptors (Lipinski definition) is 8. The molecule has 0 atom stereocenters. The number of fused-ring (bicyclic) bond motifs is 2. The zero-order valence-corrected chi connectivity index (χ0v) is 21.8. The first-order chi connectivity index (χ1) is 19.2. The van der Waals surface area contributed by atoms with Crippen molar-refractivity contribution in [3.63, 3.8) is 0 Å². The number of hydrogen-bond donors (Lipinski definition) is 1. The number of thiophene rings is 1. The Bertz CT molecular complexity index is 1700. The highest BCUT2D eigenvalue weighted by Crippen LogP contribution is 2.41. The highest BCUT2D eigenvalue weighted by molar-refractivity contribution is 7.16. The Morgan fingerprint density at radius 1 is 1.15 bits per heavy atom. The van der Waals surface area contributed by atoms with Crippen LogP contribution in [0.25, 0.3) is 11.0 Å². The van der Waals surface area contributed by atoms with Gasteiger partial charge in [0, 0.05) is 10.9 Å². The van der Waals surface area contributed by atoms with Crippen molar-refractivity contribution in [2.45, 2.75) is 32.4 Å². The zero-order chi connectivity index (χ0) is 28.4. The zero-order valence-electron chi connectivity index (χ0n) is 21.0. The van der Waals surface area contributed by atoms with Gasteiger partial charge in [0.25, 0.3) is 11.7 Å². The Kier molecular flexibility index (Phi) is 7.40. The lowest BCUT2D eigenvalue weighted by molar-refractivity contribution is -0.154. The van der Waals surface area contributed by atoms with E-state index >= 15 is 0 Å². The molecular formula is C28H21F3N2O6S. The molecule has 0 bridgehead atoms. The predicted molar refractivity (Wildman–Crippen MR) is 140 cm³/mol. The predicted octanol–water partition coefficient (Wildman–Crippen LogP) is 6.44. The molecule has 1 aliphatic carbocycles. The summed E-state index contributed by atoms with van der Waals surface area (Å²) in [5.41, 5.74) is -0.0422. The molecule has 12 heteroatoms. The quantitative estimate of drug-likeness (QED) is 0.259. The molecule has 1 N–H and O–H groups in total. The highest BCUT2D eigenvalue weighted by atomic mass is 32.1. The summed E-state index contributed by atoms with van der Waals surface area (Å²) < 4.78 is 63.2. The number of nitriles is 1. The fourth-order valence-corrected chi connectivity index (χ4v) is 5.62. The molecule has 0 saturated heterocycles. The first kappa shape index (κ1) is 27.1. The van der Waals surface area contributed by atoms with E-state index in [0.29, 0.717) is 10.6 Å². The average Bonchev–Trinajstić information content (AvgIpc) is 3.50. The minimum atomic E-state index is -5.06. The second-order valence-electron chi connectivity index (χ2n) is 8.74. The van der Waals surface area contributed by atoms with Gasteiger partial charge in [-0.3, -0.25) is 9.59 Å². The van der Waals surface area contributed by atoms with Crippen LogP contribution in [0.1, 0.15) is 35.1 Å². The summed E-state index contributed by atoms with van der Waals surface area (Å²) in [6, 6.07) is 11.8. The fraction of sp³-hybridized carbons (Fsp3) is 0.250. The van der Waals surface area contributed by atoms with Crippen molar-refractivity contribution in [1.29, 1.82) is 5.26 Å². The smallest absolute Gasteiger partial charge is 0.453 e. The van der Waals surface area contributed by atoms with Crippen LogP contribution in [-0.4, -0.2) is 19.1 Å². The maximum absolute atomic E-state index is 13.9.